The molecule has 0 unspecified atom stereocenters. The van der Waals surface area contributed by atoms with Crippen molar-refractivity contribution in [3.8, 4) is 0 Å². The zero-order valence-electron chi connectivity index (χ0n) is 9.54. The average molecular weight is 207 g/mol. The van der Waals surface area contributed by atoms with E-state index in [1.165, 1.54) is 4.90 Å². The number of Topliss-reactive ketones (excluding diaryl/α,β-unsaturated/α-hetero) is 1. The lowest BCUT2D eigenvalue weighted by Crippen LogP contribution is -2.29. The second-order valence-corrected chi connectivity index (χ2v) is 4.62. The van der Waals surface area contributed by atoms with Gasteiger partial charge >= 0.3 is 0 Å². The van der Waals surface area contributed by atoms with E-state index in [9.17, 15) is 9.59 Å². The SMILES string of the molecule is C=CCN(C)C(=O)C1=CC(C)(C)CC1=O. The van der Waals surface area contributed by atoms with Gasteiger partial charge in [0.2, 0.25) is 0 Å². The van der Waals surface area contributed by atoms with E-state index >= 15 is 0 Å². The highest BCUT2D eigenvalue weighted by molar-refractivity contribution is 6.21. The summed E-state index contributed by atoms with van der Waals surface area (Å²) in [6.45, 7) is 7.94. The molecule has 0 aromatic carbocycles. The lowest BCUT2D eigenvalue weighted by Gasteiger charge is -2.14. The quantitative estimate of drug-likeness (QED) is 0.520. The Hall–Kier alpha value is -1.38. The Morgan fingerprint density at radius 3 is 2.67 bits per heavy atom. The van der Waals surface area contributed by atoms with Crippen molar-refractivity contribution in [3.63, 3.8) is 0 Å². The van der Waals surface area contributed by atoms with Gasteiger partial charge in [-0.2, -0.15) is 0 Å². The second kappa shape index (κ2) is 4.01. The van der Waals surface area contributed by atoms with Crippen LogP contribution >= 0.6 is 0 Å². The van der Waals surface area contributed by atoms with Crippen LogP contribution in [-0.4, -0.2) is 30.2 Å². The number of ketones is 1. The molecular weight excluding hydrogens is 190 g/mol. The number of hydrogen-bond acceptors (Lipinski definition) is 2. The molecule has 0 radical (unpaired) electrons. The van der Waals surface area contributed by atoms with Crippen molar-refractivity contribution in [2.24, 2.45) is 5.41 Å². The first-order chi connectivity index (χ1) is 6.87. The normalized spacial score (nSPS) is 18.6. The van der Waals surface area contributed by atoms with Crippen molar-refractivity contribution >= 4 is 11.7 Å². The maximum atomic E-state index is 11.8. The second-order valence-electron chi connectivity index (χ2n) is 4.62. The van der Waals surface area contributed by atoms with E-state index in [1.807, 2.05) is 13.8 Å². The van der Waals surface area contributed by atoms with Gasteiger partial charge in [0, 0.05) is 20.0 Å². The molecule has 0 spiro atoms. The summed E-state index contributed by atoms with van der Waals surface area (Å²) < 4.78 is 0. The third kappa shape index (κ3) is 2.55. The predicted molar refractivity (Wildman–Crippen MR) is 59.3 cm³/mol. The molecule has 15 heavy (non-hydrogen) atoms. The average Bonchev–Trinajstić information content (AvgIpc) is 2.39. The number of likely N-dealkylation sites (N-methyl/N-ethyl adjacent to an activating group) is 1. The minimum atomic E-state index is -0.203. The monoisotopic (exact) mass is 207 g/mol. The molecule has 0 heterocycles. The van der Waals surface area contributed by atoms with Crippen molar-refractivity contribution in [1.29, 1.82) is 0 Å². The van der Waals surface area contributed by atoms with E-state index in [0.29, 0.717) is 18.5 Å². The maximum absolute atomic E-state index is 11.8. The molecule has 0 atom stereocenters. The number of allylic oxidation sites excluding steroid dienone is 1. The number of carbonyl (C=O) groups is 2. The summed E-state index contributed by atoms with van der Waals surface area (Å²) in [6.07, 6.45) is 3.84. The van der Waals surface area contributed by atoms with Crippen LogP contribution in [0.5, 0.6) is 0 Å². The minimum absolute atomic E-state index is 0.0547. The van der Waals surface area contributed by atoms with E-state index < -0.39 is 0 Å². The van der Waals surface area contributed by atoms with Crippen LogP contribution < -0.4 is 0 Å². The lowest BCUT2D eigenvalue weighted by atomic mass is 9.93. The van der Waals surface area contributed by atoms with Crippen molar-refractivity contribution in [2.75, 3.05) is 13.6 Å². The fraction of sp³-hybridized carbons (Fsp3) is 0.500. The standard InChI is InChI=1S/C12H17NO2/c1-5-6-13(4)11(15)9-7-12(2,3)8-10(9)14/h5,7H,1,6,8H2,2-4H3. The summed E-state index contributed by atoms with van der Waals surface area (Å²) in [5.74, 6) is -0.258. The van der Waals surface area contributed by atoms with E-state index in [1.54, 1.807) is 19.2 Å². The lowest BCUT2D eigenvalue weighted by molar-refractivity contribution is -0.128. The Kier molecular flexibility index (Phi) is 3.12. The molecular formula is C12H17NO2. The van der Waals surface area contributed by atoms with Crippen LogP contribution in [0.2, 0.25) is 0 Å². The molecule has 0 fully saturated rings. The molecule has 1 aliphatic rings. The topological polar surface area (TPSA) is 37.4 Å². The Balaban J connectivity index is 2.85. The Labute approximate surface area is 90.5 Å². The zero-order chi connectivity index (χ0) is 11.6. The molecule has 1 aliphatic carbocycles. The van der Waals surface area contributed by atoms with Crippen LogP contribution in [0.25, 0.3) is 0 Å². The summed E-state index contributed by atoms with van der Waals surface area (Å²) in [4.78, 5) is 24.9. The summed E-state index contributed by atoms with van der Waals surface area (Å²) >= 11 is 0. The van der Waals surface area contributed by atoms with Gasteiger partial charge in [-0.3, -0.25) is 9.59 Å². The molecule has 3 heteroatoms. The molecule has 0 aromatic heterocycles. The highest BCUT2D eigenvalue weighted by atomic mass is 16.2. The predicted octanol–water partition coefficient (Wildman–Crippen LogP) is 1.56. The van der Waals surface area contributed by atoms with Gasteiger partial charge in [-0.25, -0.2) is 0 Å². The molecule has 0 aliphatic heterocycles. The Morgan fingerprint density at radius 1 is 1.67 bits per heavy atom. The van der Waals surface area contributed by atoms with Gasteiger partial charge in [0.15, 0.2) is 5.78 Å². The molecule has 82 valence electrons. The van der Waals surface area contributed by atoms with Gasteiger partial charge < -0.3 is 4.90 Å². The molecule has 0 aromatic rings. The van der Waals surface area contributed by atoms with Crippen molar-refractivity contribution in [1.82, 2.24) is 4.90 Å². The van der Waals surface area contributed by atoms with Crippen molar-refractivity contribution in [2.45, 2.75) is 20.3 Å². The van der Waals surface area contributed by atoms with Crippen LogP contribution in [0.3, 0.4) is 0 Å². The highest BCUT2D eigenvalue weighted by Crippen LogP contribution is 2.32. The van der Waals surface area contributed by atoms with Crippen LogP contribution in [0.1, 0.15) is 20.3 Å². The summed E-state index contributed by atoms with van der Waals surface area (Å²) in [5, 5.41) is 0. The van der Waals surface area contributed by atoms with E-state index in [4.69, 9.17) is 0 Å². The zero-order valence-corrected chi connectivity index (χ0v) is 9.54. The largest absolute Gasteiger partial charge is 0.338 e. The first kappa shape index (κ1) is 11.7. The highest BCUT2D eigenvalue weighted by Gasteiger charge is 2.34. The fourth-order valence-corrected chi connectivity index (χ4v) is 1.69. The molecule has 3 nitrogen and oxygen atoms in total. The molecule has 0 saturated carbocycles. The molecule has 1 amide bonds. The van der Waals surface area contributed by atoms with E-state index in [-0.39, 0.29) is 17.1 Å². The van der Waals surface area contributed by atoms with Crippen LogP contribution in [0, 0.1) is 5.41 Å². The molecule has 0 N–H and O–H groups in total. The number of amides is 1. The van der Waals surface area contributed by atoms with Crippen LogP contribution in [-0.2, 0) is 9.59 Å². The summed E-state index contributed by atoms with van der Waals surface area (Å²) in [5.41, 5.74) is 0.140. The number of rotatable bonds is 3. The van der Waals surface area contributed by atoms with Crippen LogP contribution in [0.4, 0.5) is 0 Å². The molecule has 1 rings (SSSR count). The molecule has 0 bridgehead atoms. The minimum Gasteiger partial charge on any atom is -0.338 e. The summed E-state index contributed by atoms with van der Waals surface area (Å²) in [6, 6.07) is 0. The van der Waals surface area contributed by atoms with Gasteiger partial charge in [-0.1, -0.05) is 26.0 Å². The van der Waals surface area contributed by atoms with Crippen molar-refractivity contribution < 1.29 is 9.59 Å². The maximum Gasteiger partial charge on any atom is 0.257 e. The third-order valence-corrected chi connectivity index (χ3v) is 2.43. The fourth-order valence-electron chi connectivity index (χ4n) is 1.69. The first-order valence-corrected chi connectivity index (χ1v) is 5.00. The van der Waals surface area contributed by atoms with E-state index in [2.05, 4.69) is 6.58 Å². The van der Waals surface area contributed by atoms with Gasteiger partial charge in [0.05, 0.1) is 5.57 Å². The first-order valence-electron chi connectivity index (χ1n) is 5.00. The van der Waals surface area contributed by atoms with Gasteiger partial charge in [0.1, 0.15) is 0 Å². The van der Waals surface area contributed by atoms with Crippen molar-refractivity contribution in [3.05, 3.63) is 24.3 Å². The van der Waals surface area contributed by atoms with E-state index in [0.717, 1.165) is 0 Å². The number of hydrogen-bond donors (Lipinski definition) is 0. The van der Waals surface area contributed by atoms with Crippen LogP contribution in [0.15, 0.2) is 24.3 Å². The molecule has 0 saturated heterocycles. The summed E-state index contributed by atoms with van der Waals surface area (Å²) in [7, 11) is 1.67. The third-order valence-electron chi connectivity index (χ3n) is 2.43. The Bertz CT molecular complexity index is 340. The van der Waals surface area contributed by atoms with Gasteiger partial charge in [-0.15, -0.1) is 6.58 Å². The smallest absolute Gasteiger partial charge is 0.257 e. The van der Waals surface area contributed by atoms with Gasteiger partial charge in [0.25, 0.3) is 5.91 Å². The van der Waals surface area contributed by atoms with Gasteiger partial charge in [-0.05, 0) is 5.41 Å². The Morgan fingerprint density at radius 2 is 2.27 bits per heavy atom. The number of nitrogens with zero attached hydrogens (tertiary/aromatic N) is 1. The number of carbonyl (C=O) groups excluding carboxylic acids is 2.